The van der Waals surface area contributed by atoms with Gasteiger partial charge >= 0.3 is 4.83 Å². The first-order chi connectivity index (χ1) is 6.46. The summed E-state index contributed by atoms with van der Waals surface area (Å²) in [6.45, 7) is 0. The Bertz CT molecular complexity index is 312. The molecule has 1 unspecified atom stereocenters. The SMILES string of the molecule is COc1ccccc1C(O)C(F)(F)Br. The van der Waals surface area contributed by atoms with Crippen LogP contribution in [0.1, 0.15) is 11.7 Å². The molecular formula is C9H9BrF2O2. The van der Waals surface area contributed by atoms with Crippen molar-refractivity contribution >= 4 is 15.9 Å². The molecule has 1 aromatic carbocycles. The zero-order chi connectivity index (χ0) is 10.8. The van der Waals surface area contributed by atoms with Gasteiger partial charge in [-0.05, 0) is 22.0 Å². The molecule has 0 spiro atoms. The number of rotatable bonds is 3. The van der Waals surface area contributed by atoms with Crippen LogP contribution in [0.5, 0.6) is 5.75 Å². The van der Waals surface area contributed by atoms with Crippen molar-refractivity contribution < 1.29 is 18.6 Å². The Balaban J connectivity index is 3.06. The quantitative estimate of drug-likeness (QED) is 0.853. The van der Waals surface area contributed by atoms with Crippen LogP contribution in [0.3, 0.4) is 0 Å². The molecule has 1 aromatic rings. The molecular weight excluding hydrogens is 258 g/mol. The summed E-state index contributed by atoms with van der Waals surface area (Å²) in [6, 6.07) is 6.09. The summed E-state index contributed by atoms with van der Waals surface area (Å²) in [6.07, 6.45) is -1.92. The Morgan fingerprint density at radius 2 is 2.00 bits per heavy atom. The van der Waals surface area contributed by atoms with Gasteiger partial charge in [-0.3, -0.25) is 0 Å². The maximum absolute atomic E-state index is 12.7. The summed E-state index contributed by atoms with van der Waals surface area (Å²) in [7, 11) is 1.36. The predicted octanol–water partition coefficient (Wildman–Crippen LogP) is 2.72. The average molecular weight is 267 g/mol. The second-order valence-electron chi connectivity index (χ2n) is 2.69. The summed E-state index contributed by atoms with van der Waals surface area (Å²) in [5.74, 6) is 0.235. The standard InChI is InChI=1S/C9H9BrF2O2/c1-14-7-5-3-2-4-6(7)8(13)9(10,11)12/h2-5,8,13H,1H3. The minimum absolute atomic E-state index is 0.0527. The molecule has 0 bridgehead atoms. The highest BCUT2D eigenvalue weighted by atomic mass is 79.9. The van der Waals surface area contributed by atoms with E-state index in [-0.39, 0.29) is 11.3 Å². The molecule has 0 radical (unpaired) electrons. The number of alkyl halides is 3. The minimum atomic E-state index is -3.36. The third kappa shape index (κ3) is 2.42. The topological polar surface area (TPSA) is 29.5 Å². The van der Waals surface area contributed by atoms with Gasteiger partial charge in [0.2, 0.25) is 0 Å². The lowest BCUT2D eigenvalue weighted by molar-refractivity contribution is -0.0305. The van der Waals surface area contributed by atoms with Crippen molar-refractivity contribution in [1.29, 1.82) is 0 Å². The second-order valence-corrected chi connectivity index (χ2v) is 3.74. The molecule has 0 aliphatic carbocycles. The number of methoxy groups -OCH3 is 1. The Hall–Kier alpha value is -0.680. The molecule has 5 heteroatoms. The Labute approximate surface area is 88.6 Å². The highest BCUT2D eigenvalue weighted by Gasteiger charge is 2.37. The van der Waals surface area contributed by atoms with Gasteiger partial charge in [-0.1, -0.05) is 18.2 Å². The van der Waals surface area contributed by atoms with Crippen molar-refractivity contribution in [3.05, 3.63) is 29.8 Å². The Kier molecular flexibility index (Phi) is 3.44. The van der Waals surface area contributed by atoms with Gasteiger partial charge in [0.15, 0.2) is 6.10 Å². The lowest BCUT2D eigenvalue weighted by atomic mass is 10.1. The molecule has 0 heterocycles. The largest absolute Gasteiger partial charge is 0.496 e. The number of para-hydroxylation sites is 1. The van der Waals surface area contributed by atoms with E-state index in [1.165, 1.54) is 19.2 Å². The monoisotopic (exact) mass is 266 g/mol. The molecule has 1 N–H and O–H groups in total. The number of benzene rings is 1. The number of aliphatic hydroxyl groups is 1. The smallest absolute Gasteiger partial charge is 0.330 e. The first kappa shape index (κ1) is 11.4. The van der Waals surface area contributed by atoms with E-state index in [4.69, 9.17) is 4.74 Å². The molecule has 1 atom stereocenters. The lowest BCUT2D eigenvalue weighted by Gasteiger charge is -2.18. The van der Waals surface area contributed by atoms with Gasteiger partial charge in [-0.2, -0.15) is 8.78 Å². The average Bonchev–Trinajstić information content (AvgIpc) is 2.15. The molecule has 0 saturated heterocycles. The van der Waals surface area contributed by atoms with Crippen LogP contribution >= 0.6 is 15.9 Å². The van der Waals surface area contributed by atoms with Crippen LogP contribution in [0.2, 0.25) is 0 Å². The fraction of sp³-hybridized carbons (Fsp3) is 0.333. The molecule has 0 aromatic heterocycles. The van der Waals surface area contributed by atoms with Crippen LogP contribution in [0, 0.1) is 0 Å². The maximum atomic E-state index is 12.7. The van der Waals surface area contributed by atoms with Crippen molar-refractivity contribution in [3.63, 3.8) is 0 Å². The molecule has 14 heavy (non-hydrogen) atoms. The zero-order valence-electron chi connectivity index (χ0n) is 7.38. The summed E-state index contributed by atoms with van der Waals surface area (Å²) >= 11 is 2.11. The first-order valence-corrected chi connectivity index (χ1v) is 4.64. The van der Waals surface area contributed by atoms with Crippen LogP contribution in [0.4, 0.5) is 8.78 Å². The summed E-state index contributed by atoms with van der Waals surface area (Å²) in [5.41, 5.74) is 0.0527. The minimum Gasteiger partial charge on any atom is -0.496 e. The van der Waals surface area contributed by atoms with Crippen LogP contribution in [0.25, 0.3) is 0 Å². The number of hydrogen-bond acceptors (Lipinski definition) is 2. The van der Waals surface area contributed by atoms with E-state index in [2.05, 4.69) is 15.9 Å². The van der Waals surface area contributed by atoms with Gasteiger partial charge in [0.1, 0.15) is 5.75 Å². The van der Waals surface area contributed by atoms with Crippen LogP contribution < -0.4 is 4.74 Å². The molecule has 78 valence electrons. The van der Waals surface area contributed by atoms with Gasteiger partial charge in [-0.15, -0.1) is 0 Å². The van der Waals surface area contributed by atoms with Crippen molar-refractivity contribution in [2.45, 2.75) is 10.9 Å². The highest BCUT2D eigenvalue weighted by molar-refractivity contribution is 9.10. The van der Waals surface area contributed by atoms with Crippen LogP contribution in [-0.2, 0) is 0 Å². The van der Waals surface area contributed by atoms with Gasteiger partial charge < -0.3 is 9.84 Å². The summed E-state index contributed by atoms with van der Waals surface area (Å²) < 4.78 is 30.3. The number of aliphatic hydroxyl groups excluding tert-OH is 1. The fourth-order valence-corrected chi connectivity index (χ4v) is 1.32. The first-order valence-electron chi connectivity index (χ1n) is 3.84. The third-order valence-electron chi connectivity index (χ3n) is 1.74. The van der Waals surface area contributed by atoms with E-state index in [0.29, 0.717) is 0 Å². The maximum Gasteiger partial charge on any atom is 0.330 e. The Morgan fingerprint density at radius 1 is 1.43 bits per heavy atom. The van der Waals surface area contributed by atoms with E-state index in [0.717, 1.165) is 0 Å². The predicted molar refractivity (Wildman–Crippen MR) is 51.8 cm³/mol. The van der Waals surface area contributed by atoms with Crippen molar-refractivity contribution in [2.75, 3.05) is 7.11 Å². The van der Waals surface area contributed by atoms with E-state index in [9.17, 15) is 13.9 Å². The van der Waals surface area contributed by atoms with Crippen LogP contribution in [-0.4, -0.2) is 17.0 Å². The third-order valence-corrected chi connectivity index (χ3v) is 2.18. The lowest BCUT2D eigenvalue weighted by Crippen LogP contribution is -2.18. The molecule has 0 aliphatic rings. The van der Waals surface area contributed by atoms with E-state index in [1.54, 1.807) is 12.1 Å². The van der Waals surface area contributed by atoms with Gasteiger partial charge in [0.05, 0.1) is 7.11 Å². The molecule has 2 nitrogen and oxygen atoms in total. The second kappa shape index (κ2) is 4.23. The number of halogens is 3. The van der Waals surface area contributed by atoms with Gasteiger partial charge in [-0.25, -0.2) is 0 Å². The Morgan fingerprint density at radius 3 is 2.50 bits per heavy atom. The number of hydrogen-bond donors (Lipinski definition) is 1. The fourth-order valence-electron chi connectivity index (χ4n) is 1.07. The highest BCUT2D eigenvalue weighted by Crippen LogP contribution is 2.39. The van der Waals surface area contributed by atoms with Crippen molar-refractivity contribution in [2.24, 2.45) is 0 Å². The normalized spacial score (nSPS) is 13.8. The van der Waals surface area contributed by atoms with E-state index >= 15 is 0 Å². The van der Waals surface area contributed by atoms with E-state index in [1.807, 2.05) is 0 Å². The molecule has 0 amide bonds. The number of ether oxygens (including phenoxy) is 1. The summed E-state index contributed by atoms with van der Waals surface area (Å²) in [4.78, 5) is -3.36. The van der Waals surface area contributed by atoms with Crippen LogP contribution in [0.15, 0.2) is 24.3 Å². The molecule has 0 fully saturated rings. The van der Waals surface area contributed by atoms with Gasteiger partial charge in [0.25, 0.3) is 0 Å². The molecule has 1 rings (SSSR count). The summed E-state index contributed by atoms with van der Waals surface area (Å²) in [5, 5.41) is 9.29. The van der Waals surface area contributed by atoms with Gasteiger partial charge in [0, 0.05) is 5.56 Å². The zero-order valence-corrected chi connectivity index (χ0v) is 8.96. The molecule has 0 saturated carbocycles. The van der Waals surface area contributed by atoms with E-state index < -0.39 is 10.9 Å². The molecule has 0 aliphatic heterocycles. The van der Waals surface area contributed by atoms with Crippen molar-refractivity contribution in [1.82, 2.24) is 0 Å². The van der Waals surface area contributed by atoms with Crippen molar-refractivity contribution in [3.8, 4) is 5.75 Å².